The van der Waals surface area contributed by atoms with E-state index in [2.05, 4.69) is 65.8 Å². The van der Waals surface area contributed by atoms with Crippen LogP contribution in [0.4, 0.5) is 5.69 Å². The molecule has 0 saturated heterocycles. The molecule has 0 heterocycles. The van der Waals surface area contributed by atoms with Crippen molar-refractivity contribution in [3.8, 4) is 0 Å². The zero-order valence-electron chi connectivity index (χ0n) is 14.5. The quantitative estimate of drug-likeness (QED) is 0.437. The molecule has 1 rings (SSSR count). The van der Waals surface area contributed by atoms with Crippen LogP contribution in [0.1, 0.15) is 18.9 Å². The number of hydrogen-bond donors (Lipinski definition) is 2. The third-order valence-corrected chi connectivity index (χ3v) is 3.41. The van der Waals surface area contributed by atoms with Gasteiger partial charge in [0.2, 0.25) is 0 Å². The number of benzene rings is 1. The highest BCUT2D eigenvalue weighted by Crippen LogP contribution is 2.13. The van der Waals surface area contributed by atoms with Gasteiger partial charge in [0.25, 0.3) is 0 Å². The molecule has 22 heavy (non-hydrogen) atoms. The predicted octanol–water partition coefficient (Wildman–Crippen LogP) is 1.89. The molecule has 1 aromatic rings. The molecule has 0 spiro atoms. The molecule has 0 aliphatic rings. The van der Waals surface area contributed by atoms with E-state index in [4.69, 9.17) is 4.74 Å². The molecule has 0 bridgehead atoms. The van der Waals surface area contributed by atoms with Gasteiger partial charge in [-0.25, -0.2) is 0 Å². The van der Waals surface area contributed by atoms with Crippen molar-refractivity contribution in [2.24, 2.45) is 4.99 Å². The van der Waals surface area contributed by atoms with Gasteiger partial charge in [0.05, 0.1) is 6.61 Å². The van der Waals surface area contributed by atoms with E-state index in [0.29, 0.717) is 6.61 Å². The van der Waals surface area contributed by atoms with Crippen LogP contribution in [-0.4, -0.2) is 53.4 Å². The highest BCUT2D eigenvalue weighted by Gasteiger charge is 2.04. The summed E-state index contributed by atoms with van der Waals surface area (Å²) in [5, 5.41) is 6.63. The Balaban J connectivity index is 2.28. The molecule has 0 aliphatic heterocycles. The minimum absolute atomic E-state index is 0.245. The summed E-state index contributed by atoms with van der Waals surface area (Å²) < 4.78 is 5.11. The van der Waals surface area contributed by atoms with Crippen LogP contribution in [0.5, 0.6) is 0 Å². The number of nitrogens with zero attached hydrogens (tertiary/aromatic N) is 2. The van der Waals surface area contributed by atoms with E-state index in [0.717, 1.165) is 25.3 Å². The lowest BCUT2D eigenvalue weighted by Gasteiger charge is -2.17. The maximum absolute atomic E-state index is 5.11. The van der Waals surface area contributed by atoms with Crippen LogP contribution in [0.3, 0.4) is 0 Å². The number of aryl methyl sites for hydroxylation is 1. The number of nitrogens with one attached hydrogen (secondary N) is 2. The molecule has 0 aromatic heterocycles. The molecule has 0 radical (unpaired) electrons. The lowest BCUT2D eigenvalue weighted by atomic mass is 10.1. The van der Waals surface area contributed by atoms with Crippen LogP contribution in [0.2, 0.25) is 0 Å². The van der Waals surface area contributed by atoms with Gasteiger partial charge in [-0.1, -0.05) is 12.1 Å². The van der Waals surface area contributed by atoms with Crippen LogP contribution in [0.25, 0.3) is 0 Å². The molecule has 124 valence electrons. The van der Waals surface area contributed by atoms with E-state index in [9.17, 15) is 0 Å². The second-order valence-electron chi connectivity index (χ2n) is 5.66. The third kappa shape index (κ3) is 6.80. The normalized spacial score (nSPS) is 12.9. The van der Waals surface area contributed by atoms with Gasteiger partial charge in [0.15, 0.2) is 5.96 Å². The smallest absolute Gasteiger partial charge is 0.191 e. The highest BCUT2D eigenvalue weighted by atomic mass is 16.5. The zero-order chi connectivity index (χ0) is 16.4. The van der Waals surface area contributed by atoms with Gasteiger partial charge in [-0.3, -0.25) is 4.99 Å². The molecule has 0 saturated carbocycles. The Hall–Kier alpha value is -1.75. The molecule has 5 heteroatoms. The molecule has 1 atom stereocenters. The average molecular weight is 306 g/mol. The maximum atomic E-state index is 5.11. The van der Waals surface area contributed by atoms with Gasteiger partial charge in [0, 0.05) is 46.5 Å². The van der Waals surface area contributed by atoms with Gasteiger partial charge in [-0.2, -0.15) is 0 Å². The number of anilines is 1. The SMILES string of the molecule is CN=C(NCCCc1ccc(N(C)C)cc1)NC(C)COC. The van der Waals surface area contributed by atoms with Crippen molar-refractivity contribution >= 4 is 11.6 Å². The van der Waals surface area contributed by atoms with E-state index in [1.54, 1.807) is 14.2 Å². The monoisotopic (exact) mass is 306 g/mol. The Morgan fingerprint density at radius 1 is 1.27 bits per heavy atom. The van der Waals surface area contributed by atoms with E-state index in [1.165, 1.54) is 11.3 Å². The minimum Gasteiger partial charge on any atom is -0.383 e. The molecular weight excluding hydrogens is 276 g/mol. The minimum atomic E-state index is 0.245. The molecule has 0 aliphatic carbocycles. The molecule has 1 unspecified atom stereocenters. The Bertz CT molecular complexity index is 442. The maximum Gasteiger partial charge on any atom is 0.191 e. The van der Waals surface area contributed by atoms with Crippen LogP contribution in [0.15, 0.2) is 29.3 Å². The summed E-state index contributed by atoms with van der Waals surface area (Å²) in [6.07, 6.45) is 2.13. The fraction of sp³-hybridized carbons (Fsp3) is 0.588. The van der Waals surface area contributed by atoms with Crippen molar-refractivity contribution in [3.05, 3.63) is 29.8 Å². The van der Waals surface area contributed by atoms with E-state index < -0.39 is 0 Å². The number of guanidine groups is 1. The number of methoxy groups -OCH3 is 1. The molecular formula is C17H30N4O. The van der Waals surface area contributed by atoms with Crippen molar-refractivity contribution in [1.29, 1.82) is 0 Å². The standard InChI is InChI=1S/C17H30N4O/c1-14(13-22-5)20-17(18-2)19-12-6-7-15-8-10-16(11-9-15)21(3)4/h8-11,14H,6-7,12-13H2,1-5H3,(H2,18,19,20). The summed E-state index contributed by atoms with van der Waals surface area (Å²) in [7, 11) is 7.61. The topological polar surface area (TPSA) is 48.9 Å². The summed E-state index contributed by atoms with van der Waals surface area (Å²) in [5.74, 6) is 0.826. The predicted molar refractivity (Wildman–Crippen MR) is 94.9 cm³/mol. The summed E-state index contributed by atoms with van der Waals surface area (Å²) in [5.41, 5.74) is 2.60. The molecule has 0 fully saturated rings. The highest BCUT2D eigenvalue weighted by molar-refractivity contribution is 5.79. The summed E-state index contributed by atoms with van der Waals surface area (Å²) in [6, 6.07) is 8.96. The van der Waals surface area contributed by atoms with Gasteiger partial charge in [-0.05, 0) is 37.5 Å². The Morgan fingerprint density at radius 3 is 2.50 bits per heavy atom. The molecule has 5 nitrogen and oxygen atoms in total. The Morgan fingerprint density at radius 2 is 1.95 bits per heavy atom. The lowest BCUT2D eigenvalue weighted by Crippen LogP contribution is -2.44. The first-order valence-corrected chi connectivity index (χ1v) is 7.79. The summed E-state index contributed by atoms with van der Waals surface area (Å²) in [4.78, 5) is 6.33. The first-order valence-electron chi connectivity index (χ1n) is 7.79. The number of hydrogen-bond acceptors (Lipinski definition) is 3. The fourth-order valence-electron chi connectivity index (χ4n) is 2.18. The zero-order valence-corrected chi connectivity index (χ0v) is 14.5. The number of aliphatic imine (C=N–C) groups is 1. The van der Waals surface area contributed by atoms with Crippen molar-refractivity contribution in [1.82, 2.24) is 10.6 Å². The van der Waals surface area contributed by atoms with Gasteiger partial charge in [-0.15, -0.1) is 0 Å². The van der Waals surface area contributed by atoms with E-state index >= 15 is 0 Å². The van der Waals surface area contributed by atoms with E-state index in [-0.39, 0.29) is 6.04 Å². The van der Waals surface area contributed by atoms with E-state index in [1.807, 2.05) is 0 Å². The molecule has 0 amide bonds. The average Bonchev–Trinajstić information content (AvgIpc) is 2.51. The summed E-state index contributed by atoms with van der Waals surface area (Å²) in [6.45, 7) is 3.64. The van der Waals surface area contributed by atoms with Crippen LogP contribution in [0, 0.1) is 0 Å². The largest absolute Gasteiger partial charge is 0.383 e. The number of rotatable bonds is 8. The van der Waals surface area contributed by atoms with Gasteiger partial charge < -0.3 is 20.3 Å². The first-order chi connectivity index (χ1) is 10.6. The summed E-state index contributed by atoms with van der Waals surface area (Å²) >= 11 is 0. The molecule has 1 aromatic carbocycles. The fourth-order valence-corrected chi connectivity index (χ4v) is 2.18. The van der Waals surface area contributed by atoms with Crippen LogP contribution >= 0.6 is 0 Å². The Kier molecular flexibility index (Phi) is 8.36. The first kappa shape index (κ1) is 18.3. The third-order valence-electron chi connectivity index (χ3n) is 3.41. The van der Waals surface area contributed by atoms with Crippen LogP contribution < -0.4 is 15.5 Å². The second kappa shape index (κ2) is 10.1. The Labute approximate surface area is 134 Å². The van der Waals surface area contributed by atoms with Gasteiger partial charge in [0.1, 0.15) is 0 Å². The van der Waals surface area contributed by atoms with Crippen molar-refractivity contribution in [3.63, 3.8) is 0 Å². The van der Waals surface area contributed by atoms with Crippen molar-refractivity contribution in [2.45, 2.75) is 25.8 Å². The molecule has 2 N–H and O–H groups in total. The van der Waals surface area contributed by atoms with Crippen LogP contribution in [-0.2, 0) is 11.2 Å². The van der Waals surface area contributed by atoms with Crippen molar-refractivity contribution < 1.29 is 4.74 Å². The number of ether oxygens (including phenoxy) is 1. The van der Waals surface area contributed by atoms with Gasteiger partial charge >= 0.3 is 0 Å². The lowest BCUT2D eigenvalue weighted by molar-refractivity contribution is 0.179. The second-order valence-corrected chi connectivity index (χ2v) is 5.66. The van der Waals surface area contributed by atoms with Crippen molar-refractivity contribution in [2.75, 3.05) is 46.3 Å².